The van der Waals surface area contributed by atoms with E-state index < -0.39 is 0 Å². The molecule has 1 aliphatic rings. The van der Waals surface area contributed by atoms with E-state index in [9.17, 15) is 4.79 Å². The van der Waals surface area contributed by atoms with Gasteiger partial charge in [0, 0.05) is 27.6 Å². The van der Waals surface area contributed by atoms with Gasteiger partial charge in [0.25, 0.3) is 0 Å². The number of cyclic esters (lactones) is 1. The molecule has 1 aromatic rings. The minimum Gasteiger partial charge on any atom is -0.462 e. The minimum absolute atomic E-state index is 0.286. The quantitative estimate of drug-likeness (QED) is 0.558. The Hall–Kier alpha value is -0.990. The van der Waals surface area contributed by atoms with Gasteiger partial charge in [0.15, 0.2) is 0 Å². The number of hydrogen-bond acceptors (Lipinski definition) is 2. The van der Waals surface area contributed by atoms with E-state index in [2.05, 4.69) is 0 Å². The van der Waals surface area contributed by atoms with Gasteiger partial charge in [0.05, 0.1) is 6.61 Å². The van der Waals surface area contributed by atoms with Crippen molar-refractivity contribution in [3.63, 3.8) is 0 Å². The Morgan fingerprint density at radius 1 is 1.27 bits per heavy atom. The Labute approximate surface area is 97.4 Å². The molecule has 2 rings (SSSR count). The van der Waals surface area contributed by atoms with Gasteiger partial charge in [-0.1, -0.05) is 29.3 Å². The average Bonchev–Trinajstić information content (AvgIpc) is 2.58. The van der Waals surface area contributed by atoms with Crippen LogP contribution in [0.25, 0.3) is 6.08 Å². The molecule has 15 heavy (non-hydrogen) atoms. The Kier molecular flexibility index (Phi) is 2.98. The first kappa shape index (κ1) is 10.5. The molecule has 1 fully saturated rings. The summed E-state index contributed by atoms with van der Waals surface area (Å²) in [7, 11) is 0. The summed E-state index contributed by atoms with van der Waals surface area (Å²) in [4.78, 5) is 11.2. The summed E-state index contributed by atoms with van der Waals surface area (Å²) in [5.74, 6) is -0.286. The number of halogens is 2. The van der Waals surface area contributed by atoms with Crippen LogP contribution in [0, 0.1) is 0 Å². The Morgan fingerprint density at radius 2 is 1.93 bits per heavy atom. The van der Waals surface area contributed by atoms with E-state index in [1.54, 1.807) is 24.3 Å². The predicted octanol–water partition coefficient (Wildman–Crippen LogP) is 3.32. The molecule has 0 unspecified atom stereocenters. The minimum atomic E-state index is -0.286. The fraction of sp³-hybridized carbons (Fsp3) is 0.182. The van der Waals surface area contributed by atoms with Gasteiger partial charge >= 0.3 is 5.97 Å². The summed E-state index contributed by atoms with van der Waals surface area (Å²) in [6, 6.07) is 5.24. The number of esters is 1. The molecule has 0 N–H and O–H groups in total. The number of ether oxygens (including phenoxy) is 1. The van der Waals surface area contributed by atoms with Crippen LogP contribution in [0.1, 0.15) is 12.0 Å². The SMILES string of the molecule is O=C1OCC/C1=C\c1c(Cl)cccc1Cl. The molecule has 2 nitrogen and oxygen atoms in total. The lowest BCUT2D eigenvalue weighted by Crippen LogP contribution is -1.94. The van der Waals surface area contributed by atoms with E-state index in [-0.39, 0.29) is 5.97 Å². The standard InChI is InChI=1S/C11H8Cl2O2/c12-9-2-1-3-10(13)8(9)6-7-4-5-15-11(7)14/h1-3,6H,4-5H2/b7-6+. The van der Waals surface area contributed by atoms with E-state index in [0.717, 1.165) is 0 Å². The van der Waals surface area contributed by atoms with Crippen LogP contribution in [0.3, 0.4) is 0 Å². The molecular weight excluding hydrogens is 235 g/mol. The largest absolute Gasteiger partial charge is 0.462 e. The average molecular weight is 243 g/mol. The summed E-state index contributed by atoms with van der Waals surface area (Å²) in [5, 5.41) is 1.07. The van der Waals surface area contributed by atoms with Crippen molar-refractivity contribution in [3.8, 4) is 0 Å². The number of carbonyl (C=O) groups is 1. The highest BCUT2D eigenvalue weighted by molar-refractivity contribution is 6.37. The summed E-state index contributed by atoms with van der Waals surface area (Å²) in [5.41, 5.74) is 1.29. The molecule has 1 aromatic carbocycles. The van der Waals surface area contributed by atoms with Gasteiger partial charge in [0.1, 0.15) is 0 Å². The lowest BCUT2D eigenvalue weighted by atomic mass is 10.1. The summed E-state index contributed by atoms with van der Waals surface area (Å²) < 4.78 is 4.82. The van der Waals surface area contributed by atoms with Gasteiger partial charge in [-0.15, -0.1) is 0 Å². The van der Waals surface area contributed by atoms with Crippen molar-refractivity contribution in [3.05, 3.63) is 39.4 Å². The zero-order valence-electron chi connectivity index (χ0n) is 7.80. The summed E-state index contributed by atoms with van der Waals surface area (Å²) in [6.45, 7) is 0.437. The van der Waals surface area contributed by atoms with Crippen molar-refractivity contribution in [2.24, 2.45) is 0 Å². The number of carbonyl (C=O) groups excluding carboxylic acids is 1. The van der Waals surface area contributed by atoms with E-state index in [0.29, 0.717) is 34.2 Å². The maximum Gasteiger partial charge on any atom is 0.334 e. The number of benzene rings is 1. The third kappa shape index (κ3) is 2.16. The molecule has 0 amide bonds. The third-order valence-electron chi connectivity index (χ3n) is 2.19. The van der Waals surface area contributed by atoms with Crippen LogP contribution in [0.5, 0.6) is 0 Å². The van der Waals surface area contributed by atoms with Crippen molar-refractivity contribution in [1.82, 2.24) is 0 Å². The molecule has 1 aliphatic heterocycles. The first-order valence-corrected chi connectivity index (χ1v) is 5.26. The van der Waals surface area contributed by atoms with Gasteiger partial charge in [-0.2, -0.15) is 0 Å². The van der Waals surface area contributed by atoms with Crippen molar-refractivity contribution >= 4 is 35.2 Å². The third-order valence-corrected chi connectivity index (χ3v) is 2.84. The molecule has 0 aromatic heterocycles. The van der Waals surface area contributed by atoms with Crippen LogP contribution in [0.4, 0.5) is 0 Å². The van der Waals surface area contributed by atoms with Crippen molar-refractivity contribution in [1.29, 1.82) is 0 Å². The first-order valence-electron chi connectivity index (χ1n) is 4.50. The van der Waals surface area contributed by atoms with E-state index in [1.165, 1.54) is 0 Å². The van der Waals surface area contributed by atoms with Crippen molar-refractivity contribution < 1.29 is 9.53 Å². The molecular formula is C11H8Cl2O2. The molecule has 0 saturated carbocycles. The summed E-state index contributed by atoms with van der Waals surface area (Å²) in [6.07, 6.45) is 2.31. The number of hydrogen-bond donors (Lipinski definition) is 0. The van der Waals surface area contributed by atoms with Crippen LogP contribution in [0.15, 0.2) is 23.8 Å². The zero-order chi connectivity index (χ0) is 10.8. The smallest absolute Gasteiger partial charge is 0.334 e. The topological polar surface area (TPSA) is 26.3 Å². The van der Waals surface area contributed by atoms with Gasteiger partial charge in [-0.05, 0) is 18.2 Å². The molecule has 0 spiro atoms. The highest BCUT2D eigenvalue weighted by atomic mass is 35.5. The monoisotopic (exact) mass is 242 g/mol. The molecule has 4 heteroatoms. The maximum atomic E-state index is 11.2. The Bertz CT molecular complexity index is 418. The number of rotatable bonds is 1. The molecule has 0 bridgehead atoms. The normalized spacial score (nSPS) is 18.3. The van der Waals surface area contributed by atoms with Gasteiger partial charge in [-0.25, -0.2) is 4.79 Å². The molecule has 0 radical (unpaired) electrons. The fourth-order valence-corrected chi connectivity index (χ4v) is 1.91. The van der Waals surface area contributed by atoms with E-state index >= 15 is 0 Å². The zero-order valence-corrected chi connectivity index (χ0v) is 9.31. The van der Waals surface area contributed by atoms with E-state index in [4.69, 9.17) is 27.9 Å². The molecule has 0 atom stereocenters. The lowest BCUT2D eigenvalue weighted by Gasteiger charge is -2.01. The Balaban J connectivity index is 2.42. The molecule has 0 aliphatic carbocycles. The van der Waals surface area contributed by atoms with Crippen molar-refractivity contribution in [2.45, 2.75) is 6.42 Å². The summed E-state index contributed by atoms with van der Waals surface area (Å²) >= 11 is 11.9. The van der Waals surface area contributed by atoms with Crippen LogP contribution in [0.2, 0.25) is 10.0 Å². The second-order valence-corrected chi connectivity index (χ2v) is 4.01. The lowest BCUT2D eigenvalue weighted by molar-refractivity contribution is -0.134. The van der Waals surface area contributed by atoms with Crippen LogP contribution >= 0.6 is 23.2 Å². The first-order chi connectivity index (χ1) is 7.18. The molecule has 1 saturated heterocycles. The molecule has 1 heterocycles. The Morgan fingerprint density at radius 3 is 2.47 bits per heavy atom. The highest BCUT2D eigenvalue weighted by Crippen LogP contribution is 2.28. The second kappa shape index (κ2) is 4.25. The highest BCUT2D eigenvalue weighted by Gasteiger charge is 2.19. The van der Waals surface area contributed by atoms with Crippen LogP contribution in [-0.4, -0.2) is 12.6 Å². The second-order valence-electron chi connectivity index (χ2n) is 3.19. The van der Waals surface area contributed by atoms with Crippen LogP contribution < -0.4 is 0 Å². The van der Waals surface area contributed by atoms with Gasteiger partial charge in [-0.3, -0.25) is 0 Å². The van der Waals surface area contributed by atoms with Crippen LogP contribution in [-0.2, 0) is 9.53 Å². The van der Waals surface area contributed by atoms with E-state index in [1.807, 2.05) is 0 Å². The van der Waals surface area contributed by atoms with Gasteiger partial charge < -0.3 is 4.74 Å². The van der Waals surface area contributed by atoms with Gasteiger partial charge in [0.2, 0.25) is 0 Å². The predicted molar refractivity (Wildman–Crippen MR) is 60.0 cm³/mol. The van der Waals surface area contributed by atoms with Crippen molar-refractivity contribution in [2.75, 3.05) is 6.61 Å². The fourth-order valence-electron chi connectivity index (χ4n) is 1.40. The maximum absolute atomic E-state index is 11.2. The molecule has 78 valence electrons.